The molecule has 0 bridgehead atoms. The molecule has 1 aliphatic rings. The average molecular weight is 284 g/mol. The first-order chi connectivity index (χ1) is 9.41. The minimum atomic E-state index is -0.618. The second kappa shape index (κ2) is 8.25. The zero-order valence-electron chi connectivity index (χ0n) is 12.8. The first kappa shape index (κ1) is 17.0. The third kappa shape index (κ3) is 6.89. The molecule has 0 aliphatic carbocycles. The molecule has 20 heavy (non-hydrogen) atoms. The highest BCUT2D eigenvalue weighted by Crippen LogP contribution is 2.21. The number of unbranched alkanes of at least 4 members (excludes halogenated alkanes) is 2. The molecular weight excluding hydrogens is 256 g/mol. The molecule has 0 spiro atoms. The Balaban J connectivity index is 2.14. The number of nitrogens with one attached hydrogen (secondary N) is 1. The number of amides is 2. The fourth-order valence-corrected chi connectivity index (χ4v) is 2.51. The van der Waals surface area contributed by atoms with Crippen molar-refractivity contribution in [2.75, 3.05) is 19.6 Å². The number of carbonyl (C=O) groups is 2. The van der Waals surface area contributed by atoms with Gasteiger partial charge >= 0.3 is 0 Å². The summed E-state index contributed by atoms with van der Waals surface area (Å²) in [4.78, 5) is 24.6. The van der Waals surface area contributed by atoms with Gasteiger partial charge in [0.05, 0.1) is 5.60 Å². The summed E-state index contributed by atoms with van der Waals surface area (Å²) in [6, 6.07) is 0. The van der Waals surface area contributed by atoms with Gasteiger partial charge in [-0.2, -0.15) is 0 Å². The minimum absolute atomic E-state index is 0.00213. The predicted molar refractivity (Wildman–Crippen MR) is 78.2 cm³/mol. The summed E-state index contributed by atoms with van der Waals surface area (Å²) in [6.07, 6.45) is 5.63. The standard InChI is InChI=1S/C15H28N2O3/c1-13(18)16-10-5-3-4-7-14(19)17-11-6-8-15(2,20)9-12-17/h20H,3-12H2,1-2H3,(H,16,18). The van der Waals surface area contributed by atoms with Crippen LogP contribution in [0.2, 0.25) is 0 Å². The van der Waals surface area contributed by atoms with Crippen LogP contribution in [0.4, 0.5) is 0 Å². The number of hydrogen-bond donors (Lipinski definition) is 2. The van der Waals surface area contributed by atoms with Crippen molar-refractivity contribution in [2.45, 2.75) is 64.4 Å². The molecule has 1 rings (SSSR count). The molecular formula is C15H28N2O3. The number of carbonyl (C=O) groups excluding carboxylic acids is 2. The van der Waals surface area contributed by atoms with Crippen molar-refractivity contribution in [2.24, 2.45) is 0 Å². The van der Waals surface area contributed by atoms with Crippen molar-refractivity contribution >= 4 is 11.8 Å². The fraction of sp³-hybridized carbons (Fsp3) is 0.867. The molecule has 0 radical (unpaired) electrons. The first-order valence-electron chi connectivity index (χ1n) is 7.65. The Morgan fingerprint density at radius 2 is 1.95 bits per heavy atom. The van der Waals surface area contributed by atoms with Gasteiger partial charge in [0.1, 0.15) is 0 Å². The van der Waals surface area contributed by atoms with Gasteiger partial charge in [-0.1, -0.05) is 6.42 Å². The Labute approximate surface area is 121 Å². The number of rotatable bonds is 6. The maximum absolute atomic E-state index is 12.1. The Morgan fingerprint density at radius 1 is 1.20 bits per heavy atom. The molecule has 0 aromatic heterocycles. The van der Waals surface area contributed by atoms with Crippen LogP contribution in [0.3, 0.4) is 0 Å². The summed E-state index contributed by atoms with van der Waals surface area (Å²) in [5.74, 6) is 0.194. The van der Waals surface area contributed by atoms with Crippen LogP contribution in [-0.4, -0.2) is 47.1 Å². The van der Waals surface area contributed by atoms with Crippen molar-refractivity contribution < 1.29 is 14.7 Å². The zero-order chi connectivity index (χ0) is 15.0. The average Bonchev–Trinajstić information content (AvgIpc) is 2.54. The second-order valence-electron chi connectivity index (χ2n) is 6.02. The molecule has 2 amide bonds. The molecule has 0 saturated carbocycles. The Bertz CT molecular complexity index is 329. The van der Waals surface area contributed by atoms with Gasteiger partial charge in [-0.05, 0) is 39.0 Å². The number of likely N-dealkylation sites (tertiary alicyclic amines) is 1. The lowest BCUT2D eigenvalue weighted by atomic mass is 9.98. The van der Waals surface area contributed by atoms with Gasteiger partial charge in [-0.25, -0.2) is 0 Å². The van der Waals surface area contributed by atoms with Crippen molar-refractivity contribution in [1.82, 2.24) is 10.2 Å². The van der Waals surface area contributed by atoms with Crippen molar-refractivity contribution in [1.29, 1.82) is 0 Å². The van der Waals surface area contributed by atoms with E-state index in [4.69, 9.17) is 0 Å². The number of nitrogens with zero attached hydrogens (tertiary/aromatic N) is 1. The van der Waals surface area contributed by atoms with Crippen LogP contribution in [0.1, 0.15) is 58.8 Å². The molecule has 1 heterocycles. The quantitative estimate of drug-likeness (QED) is 0.725. The predicted octanol–water partition coefficient (Wildman–Crippen LogP) is 1.45. The van der Waals surface area contributed by atoms with Crippen LogP contribution in [0.25, 0.3) is 0 Å². The van der Waals surface area contributed by atoms with E-state index in [9.17, 15) is 14.7 Å². The van der Waals surface area contributed by atoms with Gasteiger partial charge in [0.25, 0.3) is 0 Å². The maximum Gasteiger partial charge on any atom is 0.222 e. The lowest BCUT2D eigenvalue weighted by Gasteiger charge is -2.22. The van der Waals surface area contributed by atoms with Gasteiger partial charge < -0.3 is 15.3 Å². The van der Waals surface area contributed by atoms with E-state index < -0.39 is 5.60 Å². The van der Waals surface area contributed by atoms with E-state index in [0.29, 0.717) is 25.9 Å². The Kier molecular flexibility index (Phi) is 6.99. The van der Waals surface area contributed by atoms with Crippen molar-refractivity contribution in [3.05, 3.63) is 0 Å². The SMILES string of the molecule is CC(=O)NCCCCCC(=O)N1CCCC(C)(O)CC1. The topological polar surface area (TPSA) is 69.6 Å². The van der Waals surface area contributed by atoms with Crippen LogP contribution in [0, 0.1) is 0 Å². The molecule has 5 nitrogen and oxygen atoms in total. The summed E-state index contributed by atoms with van der Waals surface area (Å²) >= 11 is 0. The molecule has 0 aromatic carbocycles. The number of hydrogen-bond acceptors (Lipinski definition) is 3. The zero-order valence-corrected chi connectivity index (χ0v) is 12.8. The highest BCUT2D eigenvalue weighted by Gasteiger charge is 2.26. The normalized spacial score (nSPS) is 23.2. The smallest absolute Gasteiger partial charge is 0.222 e. The number of aliphatic hydroxyl groups is 1. The van der Waals surface area contributed by atoms with Crippen LogP contribution in [-0.2, 0) is 9.59 Å². The fourth-order valence-electron chi connectivity index (χ4n) is 2.51. The van der Waals surface area contributed by atoms with E-state index in [-0.39, 0.29) is 11.8 Å². The molecule has 1 aliphatic heterocycles. The van der Waals surface area contributed by atoms with Crippen LogP contribution >= 0.6 is 0 Å². The molecule has 1 unspecified atom stereocenters. The van der Waals surface area contributed by atoms with E-state index in [1.165, 1.54) is 6.92 Å². The van der Waals surface area contributed by atoms with E-state index in [2.05, 4.69) is 5.32 Å². The summed E-state index contributed by atoms with van der Waals surface area (Å²) in [5, 5.41) is 12.8. The molecule has 116 valence electrons. The maximum atomic E-state index is 12.1. The van der Waals surface area contributed by atoms with E-state index in [0.717, 1.165) is 38.6 Å². The molecule has 1 fully saturated rings. The largest absolute Gasteiger partial charge is 0.390 e. The van der Waals surface area contributed by atoms with Crippen LogP contribution < -0.4 is 5.32 Å². The molecule has 2 N–H and O–H groups in total. The lowest BCUT2D eigenvalue weighted by molar-refractivity contribution is -0.131. The third-order valence-corrected chi connectivity index (χ3v) is 3.86. The van der Waals surface area contributed by atoms with Crippen molar-refractivity contribution in [3.8, 4) is 0 Å². The van der Waals surface area contributed by atoms with Gasteiger partial charge in [0, 0.05) is 33.0 Å². The van der Waals surface area contributed by atoms with Crippen LogP contribution in [0.5, 0.6) is 0 Å². The van der Waals surface area contributed by atoms with Crippen LogP contribution in [0.15, 0.2) is 0 Å². The highest BCUT2D eigenvalue weighted by molar-refractivity contribution is 5.76. The second-order valence-corrected chi connectivity index (χ2v) is 6.02. The first-order valence-corrected chi connectivity index (χ1v) is 7.65. The van der Waals surface area contributed by atoms with Gasteiger partial charge in [-0.3, -0.25) is 9.59 Å². The molecule has 1 saturated heterocycles. The summed E-state index contributed by atoms with van der Waals surface area (Å²) in [7, 11) is 0. The lowest BCUT2D eigenvalue weighted by Crippen LogP contribution is -2.33. The summed E-state index contributed by atoms with van der Waals surface area (Å²) < 4.78 is 0. The van der Waals surface area contributed by atoms with Gasteiger partial charge in [-0.15, -0.1) is 0 Å². The summed E-state index contributed by atoms with van der Waals surface area (Å²) in [6.45, 7) is 5.48. The monoisotopic (exact) mass is 284 g/mol. The van der Waals surface area contributed by atoms with Gasteiger partial charge in [0.15, 0.2) is 0 Å². The minimum Gasteiger partial charge on any atom is -0.390 e. The molecule has 1 atom stereocenters. The van der Waals surface area contributed by atoms with E-state index in [1.54, 1.807) is 0 Å². The molecule has 5 heteroatoms. The van der Waals surface area contributed by atoms with Crippen molar-refractivity contribution in [3.63, 3.8) is 0 Å². The van der Waals surface area contributed by atoms with Gasteiger partial charge in [0.2, 0.25) is 11.8 Å². The molecule has 0 aromatic rings. The summed E-state index contributed by atoms with van der Waals surface area (Å²) in [5.41, 5.74) is -0.618. The van der Waals surface area contributed by atoms with E-state index in [1.807, 2.05) is 11.8 Å². The Morgan fingerprint density at radius 3 is 2.65 bits per heavy atom. The highest BCUT2D eigenvalue weighted by atomic mass is 16.3. The van der Waals surface area contributed by atoms with E-state index >= 15 is 0 Å². The Hall–Kier alpha value is -1.10. The third-order valence-electron chi connectivity index (χ3n) is 3.86.